The van der Waals surface area contributed by atoms with E-state index in [-0.39, 0.29) is 42.5 Å². The lowest BCUT2D eigenvalue weighted by Gasteiger charge is -2.48. The van der Waals surface area contributed by atoms with E-state index in [2.05, 4.69) is 13.2 Å². The predicted molar refractivity (Wildman–Crippen MR) is 98.1 cm³/mol. The molecule has 2 amide bonds. The third-order valence-electron chi connectivity index (χ3n) is 5.91. The zero-order valence-electron chi connectivity index (χ0n) is 15.6. The molecule has 2 heterocycles. The number of aliphatic hydroxyl groups is 1. The second-order valence-electron chi connectivity index (χ2n) is 7.39. The number of likely N-dealkylation sites (N-methyl/N-ethyl adjacent to an activating group) is 1. The van der Waals surface area contributed by atoms with Crippen molar-refractivity contribution in [2.24, 2.45) is 11.8 Å². The molecule has 1 unspecified atom stereocenters. The maximum Gasteiger partial charge on any atom is 0.410 e. The molecule has 3 rings (SSSR count). The lowest BCUT2D eigenvalue weighted by atomic mass is 9.71. The highest BCUT2D eigenvalue weighted by molar-refractivity contribution is 5.90. The average molecular weight is 360 g/mol. The van der Waals surface area contributed by atoms with Crippen LogP contribution in [0.1, 0.15) is 32.6 Å². The van der Waals surface area contributed by atoms with Crippen LogP contribution in [0, 0.1) is 11.8 Å². The molecule has 1 N–H and O–H groups in total. The van der Waals surface area contributed by atoms with Crippen molar-refractivity contribution >= 4 is 12.0 Å². The summed E-state index contributed by atoms with van der Waals surface area (Å²) in [6, 6.07) is -0.0816. The van der Waals surface area contributed by atoms with Crippen molar-refractivity contribution in [2.75, 3.05) is 13.7 Å². The second-order valence-corrected chi connectivity index (χ2v) is 7.39. The molecule has 142 valence electrons. The summed E-state index contributed by atoms with van der Waals surface area (Å²) >= 11 is 0. The topological polar surface area (TPSA) is 70.1 Å². The van der Waals surface area contributed by atoms with E-state index < -0.39 is 6.10 Å². The fourth-order valence-electron chi connectivity index (χ4n) is 4.87. The molecule has 0 aromatic rings. The molecule has 1 saturated carbocycles. The lowest BCUT2D eigenvalue weighted by Crippen LogP contribution is -2.63. The smallest absolute Gasteiger partial charge is 0.410 e. The van der Waals surface area contributed by atoms with Crippen LogP contribution < -0.4 is 0 Å². The molecule has 0 aromatic carbocycles. The normalized spacial score (nSPS) is 30.9. The van der Waals surface area contributed by atoms with Crippen molar-refractivity contribution < 1.29 is 19.4 Å². The number of allylic oxidation sites excluding steroid dienone is 1. The van der Waals surface area contributed by atoms with Crippen LogP contribution in [-0.2, 0) is 9.53 Å². The van der Waals surface area contributed by atoms with Gasteiger partial charge in [0.05, 0.1) is 24.1 Å². The number of carbonyl (C=O) groups excluding carboxylic acids is 2. The summed E-state index contributed by atoms with van der Waals surface area (Å²) < 4.78 is 5.21. The molecule has 6 heteroatoms. The van der Waals surface area contributed by atoms with Crippen LogP contribution in [0.4, 0.5) is 4.79 Å². The Kier molecular flexibility index (Phi) is 5.23. The first kappa shape index (κ1) is 18.7. The Morgan fingerprint density at radius 2 is 2.15 bits per heavy atom. The summed E-state index contributed by atoms with van der Waals surface area (Å²) in [6.45, 7) is 9.26. The fraction of sp³-hybridized carbons (Fsp3) is 0.600. The van der Waals surface area contributed by atoms with E-state index in [0.717, 1.165) is 30.5 Å². The van der Waals surface area contributed by atoms with Crippen LogP contribution >= 0.6 is 0 Å². The van der Waals surface area contributed by atoms with Gasteiger partial charge in [0.1, 0.15) is 6.61 Å². The summed E-state index contributed by atoms with van der Waals surface area (Å²) in [7, 11) is 1.75. The Morgan fingerprint density at radius 1 is 1.42 bits per heavy atom. The van der Waals surface area contributed by atoms with Gasteiger partial charge in [0, 0.05) is 25.1 Å². The van der Waals surface area contributed by atoms with Gasteiger partial charge in [0.15, 0.2) is 0 Å². The number of amides is 2. The van der Waals surface area contributed by atoms with Gasteiger partial charge in [0.25, 0.3) is 0 Å². The Bertz CT molecular complexity index is 654. The Morgan fingerprint density at radius 3 is 2.77 bits per heavy atom. The minimum Gasteiger partial charge on any atom is -0.445 e. The molecular formula is C20H28N2O4. The molecule has 0 aromatic heterocycles. The summed E-state index contributed by atoms with van der Waals surface area (Å²) in [5, 5.41) is 10.1. The number of hydrogen-bond acceptors (Lipinski definition) is 4. The first-order valence-electron chi connectivity index (χ1n) is 9.29. The summed E-state index contributed by atoms with van der Waals surface area (Å²) in [6.07, 6.45) is 5.69. The monoisotopic (exact) mass is 360 g/mol. The second kappa shape index (κ2) is 7.27. The molecular weight excluding hydrogens is 332 g/mol. The van der Waals surface area contributed by atoms with Crippen molar-refractivity contribution in [2.45, 2.75) is 50.8 Å². The van der Waals surface area contributed by atoms with E-state index >= 15 is 0 Å². The minimum atomic E-state index is -0.663. The number of β-lactam (4-membered cyclic amide) rings is 1. The number of ether oxygens (including phenoxy) is 1. The van der Waals surface area contributed by atoms with E-state index in [4.69, 9.17) is 4.74 Å². The van der Waals surface area contributed by atoms with Crippen molar-refractivity contribution in [3.8, 4) is 0 Å². The quantitative estimate of drug-likeness (QED) is 0.583. The number of nitrogens with zero attached hydrogens (tertiary/aromatic N) is 2. The lowest BCUT2D eigenvalue weighted by molar-refractivity contribution is -0.160. The van der Waals surface area contributed by atoms with E-state index in [9.17, 15) is 14.7 Å². The molecule has 2 fully saturated rings. The van der Waals surface area contributed by atoms with Gasteiger partial charge in [-0.3, -0.25) is 4.79 Å². The number of hydrogen-bond donors (Lipinski definition) is 1. The van der Waals surface area contributed by atoms with Gasteiger partial charge >= 0.3 is 6.09 Å². The molecule has 0 radical (unpaired) electrons. The maximum absolute atomic E-state index is 12.6. The first-order valence-corrected chi connectivity index (χ1v) is 9.29. The molecule has 0 bridgehead atoms. The number of carbonyl (C=O) groups is 2. The van der Waals surface area contributed by atoms with Crippen LogP contribution in [0.25, 0.3) is 0 Å². The molecule has 5 atom stereocenters. The van der Waals surface area contributed by atoms with Crippen LogP contribution in [0.3, 0.4) is 0 Å². The third-order valence-corrected chi connectivity index (χ3v) is 5.91. The zero-order valence-corrected chi connectivity index (χ0v) is 15.6. The highest BCUT2D eigenvalue weighted by atomic mass is 16.6. The Hall–Kier alpha value is -2.08. The van der Waals surface area contributed by atoms with E-state index in [1.807, 2.05) is 4.90 Å². The molecule has 0 spiro atoms. The largest absolute Gasteiger partial charge is 0.445 e. The van der Waals surface area contributed by atoms with Gasteiger partial charge in [-0.2, -0.15) is 0 Å². The van der Waals surface area contributed by atoms with Crippen LogP contribution in [0.2, 0.25) is 0 Å². The molecule has 1 aliphatic carbocycles. The predicted octanol–water partition coefficient (Wildman–Crippen LogP) is 2.46. The van der Waals surface area contributed by atoms with Crippen LogP contribution in [-0.4, -0.2) is 58.7 Å². The van der Waals surface area contributed by atoms with Gasteiger partial charge in [0.2, 0.25) is 5.91 Å². The molecule has 6 nitrogen and oxygen atoms in total. The van der Waals surface area contributed by atoms with Gasteiger partial charge in [-0.05, 0) is 25.3 Å². The maximum atomic E-state index is 12.6. The minimum absolute atomic E-state index is 0.00726. The SMILES string of the molecule is C=CCOC(=O)N(C)[C@H]1CCC[C@H]2C1=C(CC=C)N1C(=O)[C@H](C(C)O)[C@@H]21. The number of fused-ring (bicyclic) bond motifs is 3. The summed E-state index contributed by atoms with van der Waals surface area (Å²) in [5.41, 5.74) is 2.11. The average Bonchev–Trinajstić information content (AvgIpc) is 2.88. The van der Waals surface area contributed by atoms with Crippen molar-refractivity contribution in [3.05, 3.63) is 36.6 Å². The Labute approximate surface area is 154 Å². The van der Waals surface area contributed by atoms with Crippen molar-refractivity contribution in [1.82, 2.24) is 9.80 Å². The number of rotatable bonds is 6. The van der Waals surface area contributed by atoms with Crippen molar-refractivity contribution in [1.29, 1.82) is 0 Å². The molecule has 2 aliphatic heterocycles. The first-order chi connectivity index (χ1) is 12.4. The summed E-state index contributed by atoms with van der Waals surface area (Å²) in [5.74, 6) is -0.177. The zero-order chi connectivity index (χ0) is 19.0. The van der Waals surface area contributed by atoms with Gasteiger partial charge in [-0.15, -0.1) is 6.58 Å². The van der Waals surface area contributed by atoms with Gasteiger partial charge in [-0.1, -0.05) is 25.2 Å². The van der Waals surface area contributed by atoms with Crippen LogP contribution in [0.5, 0.6) is 0 Å². The van der Waals surface area contributed by atoms with E-state index in [0.29, 0.717) is 6.42 Å². The van der Waals surface area contributed by atoms with Gasteiger partial charge < -0.3 is 19.6 Å². The van der Waals surface area contributed by atoms with Crippen molar-refractivity contribution in [3.63, 3.8) is 0 Å². The van der Waals surface area contributed by atoms with Crippen LogP contribution in [0.15, 0.2) is 36.6 Å². The van der Waals surface area contributed by atoms with E-state index in [1.165, 1.54) is 0 Å². The Balaban J connectivity index is 1.93. The molecule has 3 aliphatic rings. The number of aliphatic hydroxyl groups excluding tert-OH is 1. The molecule has 26 heavy (non-hydrogen) atoms. The highest BCUT2D eigenvalue weighted by Crippen LogP contribution is 2.53. The fourth-order valence-corrected chi connectivity index (χ4v) is 4.87. The third kappa shape index (κ3) is 2.76. The molecule has 1 saturated heterocycles. The summed E-state index contributed by atoms with van der Waals surface area (Å²) in [4.78, 5) is 28.5. The van der Waals surface area contributed by atoms with E-state index in [1.54, 1.807) is 31.0 Å². The highest BCUT2D eigenvalue weighted by Gasteiger charge is 2.60. The standard InChI is InChI=1S/C20H28N2O4/c1-5-8-15-17-13(18-16(12(3)23)19(24)22(15)18)9-7-10-14(17)21(4)20(25)26-11-6-2/h5-6,12-14,16,18,23H,1-2,7-11H2,3-4H3/t12?,13-,14-,16+,18+/m0/s1. The van der Waals surface area contributed by atoms with Gasteiger partial charge in [-0.25, -0.2) is 4.79 Å².